The normalized spacial score (nSPS) is 12.7. The van der Waals surface area contributed by atoms with Crippen molar-refractivity contribution in [3.8, 4) is 5.75 Å². The van der Waals surface area contributed by atoms with E-state index >= 15 is 0 Å². The van der Waals surface area contributed by atoms with Crippen LogP contribution in [0.5, 0.6) is 5.75 Å². The van der Waals surface area contributed by atoms with Gasteiger partial charge in [-0.2, -0.15) is 0 Å². The summed E-state index contributed by atoms with van der Waals surface area (Å²) in [4.78, 5) is 34.8. The zero-order valence-electron chi connectivity index (χ0n) is 14.4. The highest BCUT2D eigenvalue weighted by molar-refractivity contribution is 5.95. The van der Waals surface area contributed by atoms with Gasteiger partial charge in [0.15, 0.2) is 12.7 Å². The molecular weight excluding hydrogens is 312 g/mol. The standard InChI is InChI=1S/C17H24N2O5/c1-5-12(3)18-17(22)19-15(20)10-23-16(21)13(4)24-14-8-6-7-11(2)9-14/h6-9,12-13H,5,10H2,1-4H3,(H2,18,19,20,22)/t12-,13-/m0/s1. The molecule has 132 valence electrons. The van der Waals surface area contributed by atoms with Crippen LogP contribution in [0.4, 0.5) is 4.79 Å². The Morgan fingerprint density at radius 2 is 1.92 bits per heavy atom. The molecule has 0 saturated heterocycles. The van der Waals surface area contributed by atoms with Gasteiger partial charge in [-0.15, -0.1) is 0 Å². The Labute approximate surface area is 141 Å². The van der Waals surface area contributed by atoms with E-state index in [1.165, 1.54) is 6.92 Å². The molecule has 0 bridgehead atoms. The molecule has 24 heavy (non-hydrogen) atoms. The van der Waals surface area contributed by atoms with Gasteiger partial charge in [0.25, 0.3) is 5.91 Å². The average molecular weight is 336 g/mol. The minimum Gasteiger partial charge on any atom is -0.479 e. The average Bonchev–Trinajstić information content (AvgIpc) is 2.52. The molecule has 0 aliphatic heterocycles. The van der Waals surface area contributed by atoms with Crippen molar-refractivity contribution in [3.63, 3.8) is 0 Å². The number of esters is 1. The fourth-order valence-corrected chi connectivity index (χ4v) is 1.72. The molecule has 0 heterocycles. The number of hydrogen-bond donors (Lipinski definition) is 2. The number of benzene rings is 1. The molecule has 0 saturated carbocycles. The van der Waals surface area contributed by atoms with Crippen molar-refractivity contribution in [2.45, 2.75) is 46.3 Å². The third-order valence-corrected chi connectivity index (χ3v) is 3.22. The Bertz CT molecular complexity index is 588. The minimum absolute atomic E-state index is 0.0527. The molecule has 7 nitrogen and oxygen atoms in total. The van der Waals surface area contributed by atoms with E-state index in [9.17, 15) is 14.4 Å². The number of amides is 3. The van der Waals surface area contributed by atoms with Gasteiger partial charge in [-0.05, 0) is 44.9 Å². The van der Waals surface area contributed by atoms with E-state index in [0.29, 0.717) is 5.75 Å². The zero-order chi connectivity index (χ0) is 18.1. The molecule has 2 N–H and O–H groups in total. The van der Waals surface area contributed by atoms with Gasteiger partial charge in [0.2, 0.25) is 0 Å². The van der Waals surface area contributed by atoms with Gasteiger partial charge < -0.3 is 14.8 Å². The zero-order valence-corrected chi connectivity index (χ0v) is 14.4. The van der Waals surface area contributed by atoms with Gasteiger partial charge in [-0.1, -0.05) is 19.1 Å². The number of imide groups is 1. The topological polar surface area (TPSA) is 93.7 Å². The first-order valence-corrected chi connectivity index (χ1v) is 7.82. The Balaban J connectivity index is 2.36. The lowest BCUT2D eigenvalue weighted by Crippen LogP contribution is -2.45. The van der Waals surface area contributed by atoms with Crippen LogP contribution in [0.3, 0.4) is 0 Å². The van der Waals surface area contributed by atoms with E-state index in [1.807, 2.05) is 32.9 Å². The molecule has 0 aromatic heterocycles. The van der Waals surface area contributed by atoms with Crippen molar-refractivity contribution in [3.05, 3.63) is 29.8 Å². The second kappa shape index (κ2) is 9.54. The molecule has 0 aliphatic rings. The summed E-state index contributed by atoms with van der Waals surface area (Å²) in [6.45, 7) is 6.61. The van der Waals surface area contributed by atoms with Crippen LogP contribution in [0.15, 0.2) is 24.3 Å². The van der Waals surface area contributed by atoms with Crippen molar-refractivity contribution < 1.29 is 23.9 Å². The molecule has 2 atom stereocenters. The third-order valence-electron chi connectivity index (χ3n) is 3.22. The first-order valence-electron chi connectivity index (χ1n) is 7.82. The number of aryl methyl sites for hydroxylation is 1. The molecule has 1 rings (SSSR count). The van der Waals surface area contributed by atoms with Gasteiger partial charge in [0, 0.05) is 6.04 Å². The predicted octanol–water partition coefficient (Wildman–Crippen LogP) is 1.93. The van der Waals surface area contributed by atoms with Gasteiger partial charge >= 0.3 is 12.0 Å². The Hall–Kier alpha value is -2.57. The number of carbonyl (C=O) groups is 3. The quantitative estimate of drug-likeness (QED) is 0.742. The van der Waals surface area contributed by atoms with E-state index < -0.39 is 30.6 Å². The molecule has 7 heteroatoms. The summed E-state index contributed by atoms with van der Waals surface area (Å²) >= 11 is 0. The molecular formula is C17H24N2O5. The van der Waals surface area contributed by atoms with Gasteiger partial charge in [0.05, 0.1) is 0 Å². The van der Waals surface area contributed by atoms with Crippen LogP contribution in [-0.2, 0) is 14.3 Å². The summed E-state index contributed by atoms with van der Waals surface area (Å²) in [6, 6.07) is 6.56. The summed E-state index contributed by atoms with van der Waals surface area (Å²) < 4.78 is 10.3. The number of ether oxygens (including phenoxy) is 2. The van der Waals surface area contributed by atoms with E-state index in [-0.39, 0.29) is 6.04 Å². The highest BCUT2D eigenvalue weighted by atomic mass is 16.6. The summed E-state index contributed by atoms with van der Waals surface area (Å²) in [5.41, 5.74) is 1.000. The number of urea groups is 1. The van der Waals surface area contributed by atoms with Crippen LogP contribution in [-0.4, -0.2) is 36.7 Å². The predicted molar refractivity (Wildman–Crippen MR) is 88.7 cm³/mol. The largest absolute Gasteiger partial charge is 0.479 e. The molecule has 1 aromatic carbocycles. The molecule has 3 amide bonds. The van der Waals surface area contributed by atoms with Gasteiger partial charge in [-0.3, -0.25) is 10.1 Å². The summed E-state index contributed by atoms with van der Waals surface area (Å²) in [5, 5.41) is 4.66. The van der Waals surface area contributed by atoms with Crippen LogP contribution in [0.1, 0.15) is 32.8 Å². The third kappa shape index (κ3) is 7.13. The summed E-state index contributed by atoms with van der Waals surface area (Å²) in [7, 11) is 0. The second-order valence-corrected chi connectivity index (χ2v) is 5.52. The van der Waals surface area contributed by atoms with Crippen molar-refractivity contribution in [2.24, 2.45) is 0 Å². The molecule has 1 aromatic rings. The number of carbonyl (C=O) groups excluding carboxylic acids is 3. The summed E-state index contributed by atoms with van der Waals surface area (Å²) in [6.07, 6.45) is -0.127. The highest BCUT2D eigenvalue weighted by Gasteiger charge is 2.18. The fourth-order valence-electron chi connectivity index (χ4n) is 1.72. The molecule has 0 unspecified atom stereocenters. The van der Waals surface area contributed by atoms with Crippen LogP contribution >= 0.6 is 0 Å². The lowest BCUT2D eigenvalue weighted by Gasteiger charge is -2.15. The molecule has 0 spiro atoms. The van der Waals surface area contributed by atoms with Crippen molar-refractivity contribution >= 4 is 17.9 Å². The van der Waals surface area contributed by atoms with E-state index in [0.717, 1.165) is 12.0 Å². The highest BCUT2D eigenvalue weighted by Crippen LogP contribution is 2.14. The van der Waals surface area contributed by atoms with E-state index in [1.54, 1.807) is 12.1 Å². The molecule has 0 fully saturated rings. The lowest BCUT2D eigenvalue weighted by molar-refractivity contribution is -0.154. The maximum absolute atomic E-state index is 11.8. The Kier molecular flexibility index (Phi) is 7.74. The first-order chi connectivity index (χ1) is 11.3. The van der Waals surface area contributed by atoms with Crippen LogP contribution in [0, 0.1) is 6.92 Å². The fraction of sp³-hybridized carbons (Fsp3) is 0.471. The Morgan fingerprint density at radius 3 is 2.54 bits per heavy atom. The van der Waals surface area contributed by atoms with Crippen molar-refractivity contribution in [1.29, 1.82) is 0 Å². The van der Waals surface area contributed by atoms with E-state index in [4.69, 9.17) is 9.47 Å². The first kappa shape index (κ1) is 19.5. The smallest absolute Gasteiger partial charge is 0.347 e. The molecule has 0 radical (unpaired) electrons. The number of hydrogen-bond acceptors (Lipinski definition) is 5. The number of rotatable bonds is 7. The Morgan fingerprint density at radius 1 is 1.21 bits per heavy atom. The van der Waals surface area contributed by atoms with Crippen molar-refractivity contribution in [2.75, 3.05) is 6.61 Å². The molecule has 0 aliphatic carbocycles. The van der Waals surface area contributed by atoms with Crippen LogP contribution in [0.25, 0.3) is 0 Å². The van der Waals surface area contributed by atoms with Gasteiger partial charge in [0.1, 0.15) is 5.75 Å². The van der Waals surface area contributed by atoms with Gasteiger partial charge in [-0.25, -0.2) is 9.59 Å². The van der Waals surface area contributed by atoms with Crippen molar-refractivity contribution in [1.82, 2.24) is 10.6 Å². The number of nitrogens with one attached hydrogen (secondary N) is 2. The lowest BCUT2D eigenvalue weighted by atomic mass is 10.2. The monoisotopic (exact) mass is 336 g/mol. The summed E-state index contributed by atoms with van der Waals surface area (Å²) in [5.74, 6) is -0.849. The second-order valence-electron chi connectivity index (χ2n) is 5.52. The maximum Gasteiger partial charge on any atom is 0.347 e. The minimum atomic E-state index is -0.867. The van der Waals surface area contributed by atoms with Crippen LogP contribution < -0.4 is 15.4 Å². The maximum atomic E-state index is 11.8. The SMILES string of the molecule is CC[C@H](C)NC(=O)NC(=O)COC(=O)[C@H](C)Oc1cccc(C)c1. The van der Waals surface area contributed by atoms with E-state index in [2.05, 4.69) is 10.6 Å². The van der Waals surface area contributed by atoms with Crippen LogP contribution in [0.2, 0.25) is 0 Å².